The smallest absolute Gasteiger partial charge is 0.303 e. The Morgan fingerprint density at radius 1 is 1.30 bits per heavy atom. The van der Waals surface area contributed by atoms with Gasteiger partial charge in [-0.2, -0.15) is 0 Å². The van der Waals surface area contributed by atoms with Crippen molar-refractivity contribution in [2.24, 2.45) is 0 Å². The first-order chi connectivity index (χ1) is 9.47. The highest BCUT2D eigenvalue weighted by molar-refractivity contribution is 6.31. The van der Waals surface area contributed by atoms with Crippen molar-refractivity contribution in [3.8, 4) is 0 Å². The van der Waals surface area contributed by atoms with Crippen LogP contribution in [0.15, 0.2) is 22.6 Å². The number of carboxylic acid groups (broad SMARTS) is 1. The van der Waals surface area contributed by atoms with Crippen LogP contribution in [0.25, 0.3) is 11.0 Å². The molecule has 1 aromatic carbocycles. The van der Waals surface area contributed by atoms with E-state index in [1.165, 1.54) is 0 Å². The number of Topliss-reactive ketones (excluding diaryl/α,β-unsaturated/α-hetero) is 1. The quantitative estimate of drug-likeness (QED) is 0.881. The maximum absolute atomic E-state index is 11.8. The zero-order chi connectivity index (χ0) is 14.7. The van der Waals surface area contributed by atoms with Crippen molar-refractivity contribution >= 4 is 34.3 Å². The number of benzene rings is 1. The summed E-state index contributed by atoms with van der Waals surface area (Å²) in [5.74, 6) is -0.269. The fourth-order valence-electron chi connectivity index (χ4n) is 2.12. The number of furan rings is 1. The van der Waals surface area contributed by atoms with E-state index in [1.807, 2.05) is 13.0 Å². The molecule has 0 saturated carbocycles. The van der Waals surface area contributed by atoms with E-state index < -0.39 is 5.97 Å². The average Bonchev–Trinajstić information content (AvgIpc) is 2.66. The van der Waals surface area contributed by atoms with E-state index in [2.05, 4.69) is 0 Å². The van der Waals surface area contributed by atoms with Crippen molar-refractivity contribution in [1.29, 1.82) is 0 Å². The lowest BCUT2D eigenvalue weighted by atomic mass is 10.1. The summed E-state index contributed by atoms with van der Waals surface area (Å²) in [7, 11) is 0. The molecule has 2 aromatic rings. The molecule has 4 nitrogen and oxygen atoms in total. The van der Waals surface area contributed by atoms with E-state index in [0.717, 1.165) is 10.9 Å². The number of carbonyl (C=O) groups excluding carboxylic acids is 1. The third kappa shape index (κ3) is 3.39. The third-order valence-electron chi connectivity index (χ3n) is 3.20. The molecule has 0 radical (unpaired) electrons. The number of aliphatic carboxylic acids is 1. The van der Waals surface area contributed by atoms with Gasteiger partial charge >= 0.3 is 5.97 Å². The maximum atomic E-state index is 11.8. The van der Waals surface area contributed by atoms with Crippen molar-refractivity contribution in [2.45, 2.75) is 32.6 Å². The van der Waals surface area contributed by atoms with Gasteiger partial charge in [0.25, 0.3) is 0 Å². The van der Waals surface area contributed by atoms with Gasteiger partial charge in [0, 0.05) is 23.3 Å². The molecule has 5 heteroatoms. The molecule has 1 aromatic heterocycles. The van der Waals surface area contributed by atoms with Crippen LogP contribution in [0.5, 0.6) is 0 Å². The van der Waals surface area contributed by atoms with E-state index in [9.17, 15) is 9.59 Å². The first-order valence-electron chi connectivity index (χ1n) is 6.38. The lowest BCUT2D eigenvalue weighted by Crippen LogP contribution is -2.04. The second kappa shape index (κ2) is 6.09. The SMILES string of the molecule is Cc1c(CC(=O)CCCC(=O)O)oc2ccc(Cl)cc12. The Kier molecular flexibility index (Phi) is 4.45. The predicted octanol–water partition coefficient (Wildman–Crippen LogP) is 3.76. The second-order valence-corrected chi connectivity index (χ2v) is 5.19. The molecule has 1 N–H and O–H groups in total. The minimum absolute atomic E-state index is 0.0143. The van der Waals surface area contributed by atoms with Crippen molar-refractivity contribution < 1.29 is 19.1 Å². The minimum atomic E-state index is -0.882. The minimum Gasteiger partial charge on any atom is -0.481 e. The van der Waals surface area contributed by atoms with E-state index in [4.69, 9.17) is 21.1 Å². The van der Waals surface area contributed by atoms with Crippen LogP contribution in [0.3, 0.4) is 0 Å². The first-order valence-corrected chi connectivity index (χ1v) is 6.76. The lowest BCUT2D eigenvalue weighted by molar-refractivity contribution is -0.137. The largest absolute Gasteiger partial charge is 0.481 e. The Balaban J connectivity index is 2.08. The summed E-state index contributed by atoms with van der Waals surface area (Å²) in [5, 5.41) is 10.1. The van der Waals surface area contributed by atoms with Gasteiger partial charge in [-0.3, -0.25) is 9.59 Å². The number of hydrogen-bond donors (Lipinski definition) is 1. The van der Waals surface area contributed by atoms with Crippen LogP contribution in [0.2, 0.25) is 5.02 Å². The van der Waals surface area contributed by atoms with E-state index in [-0.39, 0.29) is 25.0 Å². The zero-order valence-corrected chi connectivity index (χ0v) is 11.9. The molecule has 0 fully saturated rings. The lowest BCUT2D eigenvalue weighted by Gasteiger charge is -1.98. The monoisotopic (exact) mass is 294 g/mol. The number of fused-ring (bicyclic) bond motifs is 1. The number of ketones is 1. The highest BCUT2D eigenvalue weighted by Crippen LogP contribution is 2.28. The Hall–Kier alpha value is -1.81. The highest BCUT2D eigenvalue weighted by atomic mass is 35.5. The normalized spacial score (nSPS) is 10.9. The van der Waals surface area contributed by atoms with Crippen LogP contribution in [0.4, 0.5) is 0 Å². The van der Waals surface area contributed by atoms with Crippen molar-refractivity contribution in [1.82, 2.24) is 0 Å². The predicted molar refractivity (Wildman–Crippen MR) is 76.2 cm³/mol. The summed E-state index contributed by atoms with van der Waals surface area (Å²) in [6.07, 6.45) is 0.820. The maximum Gasteiger partial charge on any atom is 0.303 e. The van der Waals surface area contributed by atoms with Crippen LogP contribution in [0, 0.1) is 6.92 Å². The van der Waals surface area contributed by atoms with E-state index >= 15 is 0 Å². The van der Waals surface area contributed by atoms with Gasteiger partial charge in [-0.15, -0.1) is 0 Å². The highest BCUT2D eigenvalue weighted by Gasteiger charge is 2.14. The molecule has 0 bridgehead atoms. The molecule has 2 rings (SSSR count). The molecule has 0 amide bonds. The van der Waals surface area contributed by atoms with Gasteiger partial charge in [-0.1, -0.05) is 11.6 Å². The topological polar surface area (TPSA) is 67.5 Å². The molecule has 0 saturated heterocycles. The summed E-state index contributed by atoms with van der Waals surface area (Å²) >= 11 is 5.94. The van der Waals surface area contributed by atoms with Gasteiger partial charge in [0.1, 0.15) is 17.1 Å². The molecule has 20 heavy (non-hydrogen) atoms. The standard InChI is InChI=1S/C15H15ClO4/c1-9-12-7-10(16)5-6-13(12)20-14(9)8-11(17)3-2-4-15(18)19/h5-7H,2-4,8H2,1H3,(H,18,19). The number of halogens is 1. The Morgan fingerprint density at radius 2 is 2.05 bits per heavy atom. The van der Waals surface area contributed by atoms with E-state index in [0.29, 0.717) is 22.8 Å². The average molecular weight is 295 g/mol. The van der Waals surface area contributed by atoms with Crippen molar-refractivity contribution in [3.05, 3.63) is 34.5 Å². The summed E-state index contributed by atoms with van der Waals surface area (Å²) in [4.78, 5) is 22.2. The van der Waals surface area contributed by atoms with Gasteiger partial charge in [0.05, 0.1) is 6.42 Å². The molecule has 0 atom stereocenters. The van der Waals surface area contributed by atoms with Crippen LogP contribution in [-0.4, -0.2) is 16.9 Å². The third-order valence-corrected chi connectivity index (χ3v) is 3.44. The zero-order valence-electron chi connectivity index (χ0n) is 11.1. The van der Waals surface area contributed by atoms with Gasteiger partial charge < -0.3 is 9.52 Å². The number of carbonyl (C=O) groups is 2. The van der Waals surface area contributed by atoms with Crippen LogP contribution < -0.4 is 0 Å². The fourth-order valence-corrected chi connectivity index (χ4v) is 2.29. The van der Waals surface area contributed by atoms with Gasteiger partial charge in [-0.25, -0.2) is 0 Å². The Bertz CT molecular complexity index is 657. The summed E-state index contributed by atoms with van der Waals surface area (Å²) in [6.45, 7) is 1.89. The molecule has 106 valence electrons. The molecule has 0 aliphatic heterocycles. The Labute approximate surface area is 121 Å². The molecule has 0 aliphatic rings. The second-order valence-electron chi connectivity index (χ2n) is 4.75. The van der Waals surface area contributed by atoms with Gasteiger partial charge in [0.15, 0.2) is 0 Å². The molecular formula is C15H15ClO4. The number of hydrogen-bond acceptors (Lipinski definition) is 3. The molecule has 0 spiro atoms. The number of carboxylic acids is 1. The summed E-state index contributed by atoms with van der Waals surface area (Å²) in [5.41, 5.74) is 1.62. The Morgan fingerprint density at radius 3 is 2.75 bits per heavy atom. The molecule has 1 heterocycles. The molecular weight excluding hydrogens is 280 g/mol. The van der Waals surface area contributed by atoms with Crippen LogP contribution in [-0.2, 0) is 16.0 Å². The number of aryl methyl sites for hydroxylation is 1. The first kappa shape index (κ1) is 14.6. The summed E-state index contributed by atoms with van der Waals surface area (Å²) < 4.78 is 5.66. The van der Waals surface area contributed by atoms with Crippen molar-refractivity contribution in [2.75, 3.05) is 0 Å². The number of rotatable bonds is 6. The van der Waals surface area contributed by atoms with Crippen LogP contribution >= 0.6 is 11.6 Å². The molecule has 0 unspecified atom stereocenters. The van der Waals surface area contributed by atoms with E-state index in [1.54, 1.807) is 12.1 Å². The van der Waals surface area contributed by atoms with Gasteiger partial charge in [0.2, 0.25) is 0 Å². The van der Waals surface area contributed by atoms with Crippen molar-refractivity contribution in [3.63, 3.8) is 0 Å². The molecule has 0 aliphatic carbocycles. The summed E-state index contributed by atoms with van der Waals surface area (Å²) in [6, 6.07) is 5.34. The van der Waals surface area contributed by atoms with Gasteiger partial charge in [-0.05, 0) is 37.1 Å². The fraction of sp³-hybridized carbons (Fsp3) is 0.333. The van der Waals surface area contributed by atoms with Crippen LogP contribution in [0.1, 0.15) is 30.6 Å².